The maximum atomic E-state index is 12.3. The molecular weight excluding hydrogens is 406 g/mol. The summed E-state index contributed by atoms with van der Waals surface area (Å²) in [6.45, 7) is 0.679. The Balaban J connectivity index is 1.19. The average molecular weight is 425 g/mol. The number of carbonyl (C=O) groups excluding carboxylic acids is 1. The van der Waals surface area contributed by atoms with Crippen LogP contribution in [0.1, 0.15) is 5.56 Å². The highest BCUT2D eigenvalue weighted by molar-refractivity contribution is 5.99. The molecule has 158 valence electrons. The number of aromatic amines is 1. The van der Waals surface area contributed by atoms with Gasteiger partial charge in [-0.05, 0) is 35.9 Å². The number of anilines is 2. The molecule has 0 saturated carbocycles. The second kappa shape index (κ2) is 8.56. The summed E-state index contributed by atoms with van der Waals surface area (Å²) >= 11 is 0. The average Bonchev–Trinajstić information content (AvgIpc) is 3.57. The molecule has 0 fully saturated rings. The molecule has 0 spiro atoms. The van der Waals surface area contributed by atoms with Crippen LogP contribution >= 0.6 is 0 Å². The number of hydrogen-bond donors (Lipinski definition) is 3. The normalized spacial score (nSPS) is 10.8. The second-order valence-electron chi connectivity index (χ2n) is 7.02. The number of urea groups is 1. The maximum absolute atomic E-state index is 12.3. The Morgan fingerprint density at radius 2 is 1.81 bits per heavy atom. The van der Waals surface area contributed by atoms with Gasteiger partial charge in [-0.15, -0.1) is 5.10 Å². The number of nitrogens with zero attached hydrogens (tertiary/aromatic N) is 6. The predicted octanol–water partition coefficient (Wildman–Crippen LogP) is 3.55. The van der Waals surface area contributed by atoms with Crippen molar-refractivity contribution in [3.63, 3.8) is 0 Å². The number of rotatable bonds is 6. The lowest BCUT2D eigenvalue weighted by molar-refractivity contribution is 0.262. The molecule has 0 saturated heterocycles. The second-order valence-corrected chi connectivity index (χ2v) is 7.02. The quantitative estimate of drug-likeness (QED) is 0.384. The monoisotopic (exact) mass is 425 g/mol. The third-order valence-electron chi connectivity index (χ3n) is 4.74. The lowest BCUT2D eigenvalue weighted by Crippen LogP contribution is -2.19. The largest absolute Gasteiger partial charge is 0.324 e. The zero-order valence-corrected chi connectivity index (χ0v) is 16.9. The van der Waals surface area contributed by atoms with Crippen LogP contribution in [0.5, 0.6) is 0 Å². The fourth-order valence-electron chi connectivity index (χ4n) is 3.20. The number of aromatic nitrogens is 7. The highest BCUT2D eigenvalue weighted by atomic mass is 16.2. The Morgan fingerprint density at radius 3 is 2.59 bits per heavy atom. The topological polar surface area (TPSA) is 118 Å². The number of nitrogens with one attached hydrogen (secondary N) is 3. The van der Waals surface area contributed by atoms with E-state index in [0.717, 1.165) is 11.4 Å². The number of hydrogen-bond acceptors (Lipinski definition) is 5. The van der Waals surface area contributed by atoms with Gasteiger partial charge in [-0.3, -0.25) is 15.1 Å². The fraction of sp³-hybridized carbons (Fsp3) is 0.0455. The van der Waals surface area contributed by atoms with E-state index in [1.807, 2.05) is 47.3 Å². The Labute approximate surface area is 182 Å². The zero-order valence-electron chi connectivity index (χ0n) is 16.9. The fourth-order valence-corrected chi connectivity index (χ4v) is 3.20. The molecule has 2 aromatic carbocycles. The third kappa shape index (κ3) is 4.38. The van der Waals surface area contributed by atoms with Crippen molar-refractivity contribution in [2.75, 3.05) is 10.6 Å². The SMILES string of the molecule is O=C(Nc1ccc(-n2ccnn2)cc1)Nc1cc(-c2ccn(Cc3ccccc3)n2)[nH]n1. The third-order valence-corrected chi connectivity index (χ3v) is 4.74. The van der Waals surface area contributed by atoms with E-state index >= 15 is 0 Å². The van der Waals surface area contributed by atoms with Crippen LogP contribution in [0, 0.1) is 0 Å². The number of H-pyrrole nitrogens is 1. The molecule has 2 amide bonds. The number of benzene rings is 2. The van der Waals surface area contributed by atoms with Crippen LogP contribution < -0.4 is 10.6 Å². The van der Waals surface area contributed by atoms with Gasteiger partial charge in [0.15, 0.2) is 5.82 Å². The molecule has 0 unspecified atom stereocenters. The summed E-state index contributed by atoms with van der Waals surface area (Å²) in [5.74, 6) is 0.398. The van der Waals surface area contributed by atoms with Gasteiger partial charge in [0.2, 0.25) is 0 Å². The summed E-state index contributed by atoms with van der Waals surface area (Å²) in [4.78, 5) is 12.3. The molecule has 0 aliphatic heterocycles. The van der Waals surface area contributed by atoms with E-state index in [1.54, 1.807) is 35.3 Å². The summed E-state index contributed by atoms with van der Waals surface area (Å²) in [7, 11) is 0. The highest BCUT2D eigenvalue weighted by Crippen LogP contribution is 2.19. The van der Waals surface area contributed by atoms with Gasteiger partial charge in [0.05, 0.1) is 30.3 Å². The number of carbonyl (C=O) groups is 1. The van der Waals surface area contributed by atoms with Crippen molar-refractivity contribution in [1.82, 2.24) is 35.0 Å². The first-order chi connectivity index (χ1) is 15.7. The molecule has 5 aromatic rings. The molecule has 0 atom stereocenters. The van der Waals surface area contributed by atoms with Crippen molar-refractivity contribution >= 4 is 17.5 Å². The van der Waals surface area contributed by atoms with Crippen molar-refractivity contribution in [1.29, 1.82) is 0 Å². The van der Waals surface area contributed by atoms with Crippen LogP contribution in [-0.2, 0) is 6.54 Å². The van der Waals surface area contributed by atoms with E-state index in [2.05, 4.69) is 48.4 Å². The minimum atomic E-state index is -0.397. The molecule has 3 N–H and O–H groups in total. The van der Waals surface area contributed by atoms with E-state index in [1.165, 1.54) is 5.56 Å². The molecule has 0 aliphatic rings. The molecule has 0 radical (unpaired) electrons. The molecule has 10 heteroatoms. The Kier molecular flexibility index (Phi) is 5.15. The van der Waals surface area contributed by atoms with Crippen LogP contribution in [0.4, 0.5) is 16.3 Å². The van der Waals surface area contributed by atoms with Crippen LogP contribution in [-0.4, -0.2) is 41.0 Å². The van der Waals surface area contributed by atoms with Gasteiger partial charge in [0.25, 0.3) is 0 Å². The van der Waals surface area contributed by atoms with Crippen molar-refractivity contribution in [3.05, 3.63) is 90.9 Å². The van der Waals surface area contributed by atoms with Gasteiger partial charge in [-0.25, -0.2) is 9.48 Å². The minimum absolute atomic E-state index is 0.397. The van der Waals surface area contributed by atoms with Gasteiger partial charge in [-0.2, -0.15) is 10.2 Å². The first-order valence-electron chi connectivity index (χ1n) is 9.91. The smallest absolute Gasteiger partial charge is 0.308 e. The summed E-state index contributed by atoms with van der Waals surface area (Å²) < 4.78 is 3.49. The molecule has 32 heavy (non-hydrogen) atoms. The van der Waals surface area contributed by atoms with Crippen LogP contribution in [0.15, 0.2) is 85.3 Å². The van der Waals surface area contributed by atoms with Crippen molar-refractivity contribution in [2.24, 2.45) is 0 Å². The minimum Gasteiger partial charge on any atom is -0.308 e. The van der Waals surface area contributed by atoms with Gasteiger partial charge in [0, 0.05) is 18.0 Å². The molecule has 5 rings (SSSR count). The summed E-state index contributed by atoms with van der Waals surface area (Å²) in [5, 5.41) is 24.8. The van der Waals surface area contributed by atoms with E-state index in [9.17, 15) is 4.79 Å². The van der Waals surface area contributed by atoms with Crippen LogP contribution in [0.25, 0.3) is 17.1 Å². The zero-order chi connectivity index (χ0) is 21.8. The van der Waals surface area contributed by atoms with Gasteiger partial charge < -0.3 is 5.32 Å². The first kappa shape index (κ1) is 19.2. The molecular formula is C22H19N9O. The molecule has 0 aliphatic carbocycles. The molecule has 0 bridgehead atoms. The van der Waals surface area contributed by atoms with Crippen LogP contribution in [0.3, 0.4) is 0 Å². The first-order valence-corrected chi connectivity index (χ1v) is 9.91. The maximum Gasteiger partial charge on any atom is 0.324 e. The van der Waals surface area contributed by atoms with Gasteiger partial charge >= 0.3 is 6.03 Å². The summed E-state index contributed by atoms with van der Waals surface area (Å²) in [5.41, 5.74) is 4.11. The Bertz CT molecular complexity index is 1310. The molecule has 3 aromatic heterocycles. The number of amides is 2. The lowest BCUT2D eigenvalue weighted by atomic mass is 10.2. The Morgan fingerprint density at radius 1 is 0.969 bits per heavy atom. The van der Waals surface area contributed by atoms with Crippen molar-refractivity contribution in [2.45, 2.75) is 6.54 Å². The van der Waals surface area contributed by atoms with E-state index in [0.29, 0.717) is 23.7 Å². The van der Waals surface area contributed by atoms with Crippen molar-refractivity contribution in [3.8, 4) is 17.1 Å². The lowest BCUT2D eigenvalue weighted by Gasteiger charge is -2.06. The standard InChI is InChI=1S/C22H19N9O/c32-22(24-17-6-8-18(9-7-17)31-13-11-23-29-31)25-21-14-20(26-27-21)19-10-12-30(28-19)15-16-4-2-1-3-5-16/h1-14H,15H2,(H3,24,25,26,27,32). The van der Waals surface area contributed by atoms with E-state index in [-0.39, 0.29) is 0 Å². The molecule has 10 nitrogen and oxygen atoms in total. The van der Waals surface area contributed by atoms with Gasteiger partial charge in [-0.1, -0.05) is 35.5 Å². The Hall–Kier alpha value is -4.73. The molecule has 3 heterocycles. The van der Waals surface area contributed by atoms with E-state index < -0.39 is 6.03 Å². The predicted molar refractivity (Wildman–Crippen MR) is 119 cm³/mol. The van der Waals surface area contributed by atoms with Crippen molar-refractivity contribution < 1.29 is 4.79 Å². The summed E-state index contributed by atoms with van der Waals surface area (Å²) in [6.07, 6.45) is 5.26. The van der Waals surface area contributed by atoms with Gasteiger partial charge in [0.1, 0.15) is 5.69 Å². The van der Waals surface area contributed by atoms with E-state index in [4.69, 9.17) is 0 Å². The highest BCUT2D eigenvalue weighted by Gasteiger charge is 2.10. The van der Waals surface area contributed by atoms with Crippen LogP contribution in [0.2, 0.25) is 0 Å². The summed E-state index contributed by atoms with van der Waals surface area (Å²) in [6, 6.07) is 20.6.